The smallest absolute Gasteiger partial charge is 0.123 e. The van der Waals surface area contributed by atoms with E-state index in [9.17, 15) is 4.39 Å². The van der Waals surface area contributed by atoms with Gasteiger partial charge in [-0.05, 0) is 50.1 Å². The molecule has 1 N–H and O–H groups in total. The molecule has 0 heterocycles. The number of ether oxygens (including phenoxy) is 1. The van der Waals surface area contributed by atoms with Gasteiger partial charge in [0.15, 0.2) is 0 Å². The summed E-state index contributed by atoms with van der Waals surface area (Å²) in [6.07, 6.45) is 0.917. The van der Waals surface area contributed by atoms with Crippen molar-refractivity contribution < 1.29 is 9.13 Å². The Kier molecular flexibility index (Phi) is 5.43. The quantitative estimate of drug-likeness (QED) is 0.802. The second-order valence-electron chi connectivity index (χ2n) is 4.13. The SMILES string of the molecule is COCC(C)NCCc1ccc(F)cc1C. The summed E-state index contributed by atoms with van der Waals surface area (Å²) in [6, 6.07) is 5.30. The topological polar surface area (TPSA) is 21.3 Å². The summed E-state index contributed by atoms with van der Waals surface area (Å²) >= 11 is 0. The summed E-state index contributed by atoms with van der Waals surface area (Å²) in [4.78, 5) is 0. The Morgan fingerprint density at radius 2 is 2.19 bits per heavy atom. The van der Waals surface area contributed by atoms with Gasteiger partial charge in [0.2, 0.25) is 0 Å². The molecule has 0 fully saturated rings. The molecule has 90 valence electrons. The van der Waals surface area contributed by atoms with E-state index in [1.165, 1.54) is 11.6 Å². The summed E-state index contributed by atoms with van der Waals surface area (Å²) in [5, 5.41) is 3.36. The number of nitrogens with one attached hydrogen (secondary N) is 1. The molecule has 3 heteroatoms. The third-order valence-corrected chi connectivity index (χ3v) is 2.61. The predicted octanol–water partition coefficient (Wildman–Crippen LogP) is 2.30. The second kappa shape index (κ2) is 6.61. The highest BCUT2D eigenvalue weighted by molar-refractivity contribution is 5.26. The Bertz CT molecular complexity index is 328. The van der Waals surface area contributed by atoms with E-state index in [2.05, 4.69) is 12.2 Å². The minimum Gasteiger partial charge on any atom is -0.383 e. The number of rotatable bonds is 6. The number of halogens is 1. The highest BCUT2D eigenvalue weighted by Gasteiger charge is 2.02. The minimum absolute atomic E-state index is 0.165. The van der Waals surface area contributed by atoms with Crippen molar-refractivity contribution in [1.82, 2.24) is 5.32 Å². The van der Waals surface area contributed by atoms with Crippen molar-refractivity contribution in [3.05, 3.63) is 35.1 Å². The first-order valence-corrected chi connectivity index (χ1v) is 5.61. The summed E-state index contributed by atoms with van der Waals surface area (Å²) < 4.78 is 17.9. The summed E-state index contributed by atoms with van der Waals surface area (Å²) in [5.41, 5.74) is 2.21. The standard InChI is InChI=1S/C13H20FNO/c1-10-8-13(14)5-4-12(10)6-7-15-11(2)9-16-3/h4-5,8,11,15H,6-7,9H2,1-3H3. The molecule has 0 spiro atoms. The number of hydrogen-bond donors (Lipinski definition) is 1. The number of hydrogen-bond acceptors (Lipinski definition) is 2. The maximum atomic E-state index is 12.9. The Morgan fingerprint density at radius 3 is 2.81 bits per heavy atom. The summed E-state index contributed by atoms with van der Waals surface area (Å²) in [5.74, 6) is -0.165. The molecule has 16 heavy (non-hydrogen) atoms. The third-order valence-electron chi connectivity index (χ3n) is 2.61. The van der Waals surface area contributed by atoms with Gasteiger partial charge in [0.25, 0.3) is 0 Å². The predicted molar refractivity (Wildman–Crippen MR) is 64.2 cm³/mol. The fourth-order valence-electron chi connectivity index (χ4n) is 1.70. The van der Waals surface area contributed by atoms with Crippen LogP contribution in [-0.4, -0.2) is 26.3 Å². The van der Waals surface area contributed by atoms with Crippen molar-refractivity contribution >= 4 is 0 Å². The van der Waals surface area contributed by atoms with Gasteiger partial charge in [-0.15, -0.1) is 0 Å². The molecule has 0 aromatic heterocycles. The van der Waals surface area contributed by atoms with Crippen LogP contribution in [-0.2, 0) is 11.2 Å². The third kappa shape index (κ3) is 4.29. The van der Waals surface area contributed by atoms with Crippen LogP contribution < -0.4 is 5.32 Å². The normalized spacial score (nSPS) is 12.8. The lowest BCUT2D eigenvalue weighted by atomic mass is 10.1. The average molecular weight is 225 g/mol. The van der Waals surface area contributed by atoms with Crippen molar-refractivity contribution in [2.75, 3.05) is 20.3 Å². The van der Waals surface area contributed by atoms with E-state index < -0.39 is 0 Å². The molecular formula is C13H20FNO. The van der Waals surface area contributed by atoms with Crippen molar-refractivity contribution in [3.63, 3.8) is 0 Å². The van der Waals surface area contributed by atoms with E-state index in [0.717, 1.165) is 18.5 Å². The van der Waals surface area contributed by atoms with Crippen molar-refractivity contribution in [1.29, 1.82) is 0 Å². The van der Waals surface area contributed by atoms with Gasteiger partial charge in [0.1, 0.15) is 5.82 Å². The number of methoxy groups -OCH3 is 1. The fraction of sp³-hybridized carbons (Fsp3) is 0.538. The molecule has 0 aliphatic heterocycles. The van der Waals surface area contributed by atoms with Crippen LogP contribution >= 0.6 is 0 Å². The van der Waals surface area contributed by atoms with E-state index in [1.54, 1.807) is 13.2 Å². The van der Waals surface area contributed by atoms with E-state index in [4.69, 9.17) is 4.74 Å². The van der Waals surface area contributed by atoms with Gasteiger partial charge in [0, 0.05) is 13.2 Å². The zero-order chi connectivity index (χ0) is 12.0. The molecule has 2 nitrogen and oxygen atoms in total. The lowest BCUT2D eigenvalue weighted by Gasteiger charge is -2.13. The lowest BCUT2D eigenvalue weighted by Crippen LogP contribution is -2.31. The molecule has 0 aliphatic carbocycles. The lowest BCUT2D eigenvalue weighted by molar-refractivity contribution is 0.172. The first-order chi connectivity index (χ1) is 7.63. The highest BCUT2D eigenvalue weighted by Crippen LogP contribution is 2.10. The van der Waals surface area contributed by atoms with Gasteiger partial charge >= 0.3 is 0 Å². The van der Waals surface area contributed by atoms with Crippen LogP contribution in [0.1, 0.15) is 18.1 Å². The first kappa shape index (κ1) is 13.1. The second-order valence-corrected chi connectivity index (χ2v) is 4.13. The molecule has 0 amide bonds. The fourth-order valence-corrected chi connectivity index (χ4v) is 1.70. The molecule has 0 bridgehead atoms. The van der Waals surface area contributed by atoms with Gasteiger partial charge < -0.3 is 10.1 Å². The Hall–Kier alpha value is -0.930. The molecule has 1 aromatic carbocycles. The van der Waals surface area contributed by atoms with Crippen LogP contribution in [0.25, 0.3) is 0 Å². The molecule has 0 aliphatic rings. The number of benzene rings is 1. The van der Waals surface area contributed by atoms with Crippen LogP contribution in [0, 0.1) is 12.7 Å². The van der Waals surface area contributed by atoms with E-state index in [0.29, 0.717) is 12.6 Å². The van der Waals surface area contributed by atoms with Crippen LogP contribution in [0.4, 0.5) is 4.39 Å². The van der Waals surface area contributed by atoms with Gasteiger partial charge in [-0.25, -0.2) is 4.39 Å². The van der Waals surface area contributed by atoms with Gasteiger partial charge in [-0.1, -0.05) is 6.07 Å². The molecule has 0 saturated heterocycles. The Labute approximate surface area is 96.8 Å². The van der Waals surface area contributed by atoms with Gasteiger partial charge in [-0.3, -0.25) is 0 Å². The summed E-state index contributed by atoms with van der Waals surface area (Å²) in [6.45, 7) is 5.62. The number of aryl methyl sites for hydroxylation is 1. The molecule has 1 aromatic rings. The van der Waals surface area contributed by atoms with Crippen molar-refractivity contribution in [2.24, 2.45) is 0 Å². The monoisotopic (exact) mass is 225 g/mol. The van der Waals surface area contributed by atoms with Gasteiger partial charge in [-0.2, -0.15) is 0 Å². The van der Waals surface area contributed by atoms with Crippen molar-refractivity contribution in [2.45, 2.75) is 26.3 Å². The maximum Gasteiger partial charge on any atom is 0.123 e. The van der Waals surface area contributed by atoms with Crippen LogP contribution in [0.3, 0.4) is 0 Å². The minimum atomic E-state index is -0.165. The molecule has 0 radical (unpaired) electrons. The maximum absolute atomic E-state index is 12.9. The average Bonchev–Trinajstić information content (AvgIpc) is 2.22. The van der Waals surface area contributed by atoms with Crippen LogP contribution in [0.2, 0.25) is 0 Å². The molecule has 1 rings (SSSR count). The zero-order valence-corrected chi connectivity index (χ0v) is 10.2. The van der Waals surface area contributed by atoms with E-state index in [1.807, 2.05) is 13.0 Å². The zero-order valence-electron chi connectivity index (χ0n) is 10.2. The Morgan fingerprint density at radius 1 is 1.44 bits per heavy atom. The van der Waals surface area contributed by atoms with Gasteiger partial charge in [0.05, 0.1) is 6.61 Å². The highest BCUT2D eigenvalue weighted by atomic mass is 19.1. The summed E-state index contributed by atoms with van der Waals surface area (Å²) in [7, 11) is 1.70. The molecule has 0 saturated carbocycles. The molecular weight excluding hydrogens is 205 g/mol. The van der Waals surface area contributed by atoms with Crippen molar-refractivity contribution in [3.8, 4) is 0 Å². The largest absolute Gasteiger partial charge is 0.383 e. The Balaban J connectivity index is 2.37. The molecule has 1 unspecified atom stereocenters. The first-order valence-electron chi connectivity index (χ1n) is 5.61. The van der Waals surface area contributed by atoms with Crippen LogP contribution in [0.15, 0.2) is 18.2 Å². The van der Waals surface area contributed by atoms with Crippen LogP contribution in [0.5, 0.6) is 0 Å². The van der Waals surface area contributed by atoms with E-state index in [-0.39, 0.29) is 5.82 Å². The molecule has 1 atom stereocenters. The van der Waals surface area contributed by atoms with E-state index >= 15 is 0 Å².